The number of nitrogens with zero attached hydrogens (tertiary/aromatic N) is 3. The van der Waals surface area contributed by atoms with Crippen molar-refractivity contribution in [1.82, 2.24) is 25.1 Å². The first-order chi connectivity index (χ1) is 9.25. The molecule has 6 nitrogen and oxygen atoms in total. The van der Waals surface area contributed by atoms with Crippen LogP contribution in [-0.2, 0) is 6.54 Å². The maximum absolute atomic E-state index is 12.4. The van der Waals surface area contributed by atoms with Gasteiger partial charge in [-0.15, -0.1) is 0 Å². The molecule has 0 unspecified atom stereocenters. The highest BCUT2D eigenvalue weighted by Gasteiger charge is 2.16. The molecule has 3 aromatic rings. The fraction of sp³-hybridized carbons (Fsp3) is 0.154. The van der Waals surface area contributed by atoms with E-state index in [4.69, 9.17) is 0 Å². The lowest BCUT2D eigenvalue weighted by molar-refractivity contribution is 0.0783. The smallest absolute Gasteiger partial charge is 0.256 e. The van der Waals surface area contributed by atoms with E-state index in [2.05, 4.69) is 20.2 Å². The van der Waals surface area contributed by atoms with Crippen LogP contribution in [0.25, 0.3) is 10.9 Å². The Labute approximate surface area is 109 Å². The number of fused-ring (bicyclic) bond motifs is 1. The van der Waals surface area contributed by atoms with Crippen molar-refractivity contribution in [3.8, 4) is 0 Å². The maximum atomic E-state index is 12.4. The maximum Gasteiger partial charge on any atom is 0.256 e. The van der Waals surface area contributed by atoms with Gasteiger partial charge in [-0.1, -0.05) is 12.1 Å². The summed E-state index contributed by atoms with van der Waals surface area (Å²) in [5, 5.41) is 7.54. The fourth-order valence-corrected chi connectivity index (χ4v) is 2.07. The molecule has 0 saturated heterocycles. The minimum absolute atomic E-state index is 0.0514. The molecule has 0 atom stereocenters. The molecule has 0 fully saturated rings. The number of amides is 1. The summed E-state index contributed by atoms with van der Waals surface area (Å²) >= 11 is 0. The topological polar surface area (TPSA) is 77.7 Å². The molecule has 2 N–H and O–H groups in total. The zero-order valence-electron chi connectivity index (χ0n) is 10.4. The van der Waals surface area contributed by atoms with E-state index in [1.165, 1.54) is 6.33 Å². The van der Waals surface area contributed by atoms with Crippen LogP contribution in [0, 0.1) is 0 Å². The summed E-state index contributed by atoms with van der Waals surface area (Å²) in [6.45, 7) is 0.399. The Morgan fingerprint density at radius 2 is 2.26 bits per heavy atom. The molecule has 0 saturated carbocycles. The average Bonchev–Trinajstić information content (AvgIpc) is 3.07. The van der Waals surface area contributed by atoms with Gasteiger partial charge >= 0.3 is 0 Å². The van der Waals surface area contributed by atoms with E-state index in [9.17, 15) is 4.79 Å². The summed E-state index contributed by atoms with van der Waals surface area (Å²) in [5.41, 5.74) is 1.52. The number of hydrogen-bond donors (Lipinski definition) is 2. The lowest BCUT2D eigenvalue weighted by Gasteiger charge is -2.16. The van der Waals surface area contributed by atoms with E-state index in [1.54, 1.807) is 11.9 Å². The summed E-state index contributed by atoms with van der Waals surface area (Å²) in [6, 6.07) is 7.62. The molecule has 0 bridgehead atoms. The molecule has 1 aromatic carbocycles. The molecule has 0 radical (unpaired) electrons. The van der Waals surface area contributed by atoms with Crippen molar-refractivity contribution in [2.75, 3.05) is 7.05 Å². The van der Waals surface area contributed by atoms with Gasteiger partial charge in [-0.3, -0.25) is 9.89 Å². The average molecular weight is 255 g/mol. The van der Waals surface area contributed by atoms with Gasteiger partial charge in [0.05, 0.1) is 17.6 Å². The van der Waals surface area contributed by atoms with Gasteiger partial charge in [-0.05, 0) is 12.1 Å². The van der Waals surface area contributed by atoms with Crippen LogP contribution >= 0.6 is 0 Å². The molecule has 0 aliphatic heterocycles. The zero-order valence-corrected chi connectivity index (χ0v) is 10.4. The Balaban J connectivity index is 1.89. The molecule has 2 heterocycles. The van der Waals surface area contributed by atoms with Crippen molar-refractivity contribution in [1.29, 1.82) is 0 Å². The van der Waals surface area contributed by atoms with E-state index in [0.717, 1.165) is 10.9 Å². The van der Waals surface area contributed by atoms with Gasteiger partial charge in [0.1, 0.15) is 12.2 Å². The number of aromatic amines is 2. The van der Waals surface area contributed by atoms with Crippen molar-refractivity contribution in [3.05, 3.63) is 48.2 Å². The van der Waals surface area contributed by atoms with Gasteiger partial charge in [0.15, 0.2) is 0 Å². The van der Waals surface area contributed by atoms with Crippen LogP contribution in [0.2, 0.25) is 0 Å². The second-order valence-electron chi connectivity index (χ2n) is 4.34. The molecule has 0 aliphatic carbocycles. The van der Waals surface area contributed by atoms with Crippen molar-refractivity contribution < 1.29 is 4.79 Å². The van der Waals surface area contributed by atoms with E-state index >= 15 is 0 Å². The Kier molecular flexibility index (Phi) is 2.75. The van der Waals surface area contributed by atoms with Crippen LogP contribution in [0.5, 0.6) is 0 Å². The number of carbonyl (C=O) groups excluding carboxylic acids is 1. The third kappa shape index (κ3) is 2.08. The molecule has 3 rings (SSSR count). The first-order valence-electron chi connectivity index (χ1n) is 5.91. The Bertz CT molecular complexity index is 701. The van der Waals surface area contributed by atoms with E-state index in [0.29, 0.717) is 17.9 Å². The molecule has 0 spiro atoms. The molecular formula is C13H13N5O. The summed E-state index contributed by atoms with van der Waals surface area (Å²) in [4.78, 5) is 21.1. The van der Waals surface area contributed by atoms with E-state index in [1.807, 2.05) is 30.5 Å². The monoisotopic (exact) mass is 255 g/mol. The summed E-state index contributed by atoms with van der Waals surface area (Å²) in [7, 11) is 1.74. The number of rotatable bonds is 3. The second kappa shape index (κ2) is 4.56. The van der Waals surface area contributed by atoms with Gasteiger partial charge in [-0.25, -0.2) is 4.98 Å². The summed E-state index contributed by atoms with van der Waals surface area (Å²) < 4.78 is 0. The first-order valence-corrected chi connectivity index (χ1v) is 5.91. The normalized spacial score (nSPS) is 10.8. The Morgan fingerprint density at radius 1 is 1.37 bits per heavy atom. The molecule has 1 amide bonds. The third-order valence-electron chi connectivity index (χ3n) is 3.02. The van der Waals surface area contributed by atoms with Crippen molar-refractivity contribution >= 4 is 16.8 Å². The van der Waals surface area contributed by atoms with Crippen LogP contribution in [0.1, 0.15) is 16.2 Å². The standard InChI is InChI=1S/C13H13N5O/c1-18(7-11-15-8-16-17-11)13(19)10-4-2-3-9-5-6-14-12(9)10/h2-6,8,14H,7H2,1H3,(H,15,16,17). The molecular weight excluding hydrogens is 242 g/mol. The van der Waals surface area contributed by atoms with Crippen molar-refractivity contribution in [2.45, 2.75) is 6.54 Å². The van der Waals surface area contributed by atoms with Gasteiger partial charge in [-0.2, -0.15) is 5.10 Å². The number of carbonyl (C=O) groups is 1. The van der Waals surface area contributed by atoms with Crippen LogP contribution in [0.3, 0.4) is 0 Å². The van der Waals surface area contributed by atoms with Crippen LogP contribution in [0.4, 0.5) is 0 Å². The van der Waals surface area contributed by atoms with Crippen LogP contribution in [0.15, 0.2) is 36.8 Å². The lowest BCUT2D eigenvalue weighted by Crippen LogP contribution is -2.27. The van der Waals surface area contributed by atoms with Crippen LogP contribution < -0.4 is 0 Å². The minimum atomic E-state index is -0.0514. The Morgan fingerprint density at radius 3 is 3.05 bits per heavy atom. The number of benzene rings is 1. The molecule has 19 heavy (non-hydrogen) atoms. The van der Waals surface area contributed by atoms with E-state index in [-0.39, 0.29) is 5.91 Å². The number of nitrogens with one attached hydrogen (secondary N) is 2. The highest BCUT2D eigenvalue weighted by Crippen LogP contribution is 2.18. The number of hydrogen-bond acceptors (Lipinski definition) is 3. The molecule has 0 aliphatic rings. The van der Waals surface area contributed by atoms with E-state index < -0.39 is 0 Å². The third-order valence-corrected chi connectivity index (χ3v) is 3.02. The van der Waals surface area contributed by atoms with Crippen molar-refractivity contribution in [3.63, 3.8) is 0 Å². The highest BCUT2D eigenvalue weighted by molar-refractivity contribution is 6.05. The minimum Gasteiger partial charge on any atom is -0.361 e. The molecule has 6 heteroatoms. The quantitative estimate of drug-likeness (QED) is 0.745. The summed E-state index contributed by atoms with van der Waals surface area (Å²) in [5.74, 6) is 0.610. The predicted octanol–water partition coefficient (Wildman–Crippen LogP) is 1.56. The first kappa shape index (κ1) is 11.5. The van der Waals surface area contributed by atoms with Gasteiger partial charge in [0, 0.05) is 18.6 Å². The SMILES string of the molecule is CN(Cc1ncn[nH]1)C(=O)c1cccc2cc[nH]c12. The molecule has 2 aromatic heterocycles. The Hall–Kier alpha value is -2.63. The lowest BCUT2D eigenvalue weighted by atomic mass is 10.1. The van der Waals surface area contributed by atoms with Gasteiger partial charge < -0.3 is 9.88 Å². The zero-order chi connectivity index (χ0) is 13.2. The van der Waals surface area contributed by atoms with Crippen LogP contribution in [-0.4, -0.2) is 38.0 Å². The second-order valence-corrected chi connectivity index (χ2v) is 4.34. The largest absolute Gasteiger partial charge is 0.361 e. The predicted molar refractivity (Wildman–Crippen MR) is 70.5 cm³/mol. The molecule has 96 valence electrons. The number of H-pyrrole nitrogens is 2. The van der Waals surface area contributed by atoms with Gasteiger partial charge in [0.2, 0.25) is 0 Å². The highest BCUT2D eigenvalue weighted by atomic mass is 16.2. The van der Waals surface area contributed by atoms with Crippen molar-refractivity contribution in [2.24, 2.45) is 0 Å². The summed E-state index contributed by atoms with van der Waals surface area (Å²) in [6.07, 6.45) is 3.26. The number of para-hydroxylation sites is 1. The van der Waals surface area contributed by atoms with Gasteiger partial charge in [0.25, 0.3) is 5.91 Å². The fourth-order valence-electron chi connectivity index (χ4n) is 2.07. The number of aromatic nitrogens is 4.